The fraction of sp³-hybridized carbons (Fsp3) is 0.750. The topological polar surface area (TPSA) is 270 Å². The number of amides is 12. The fourth-order valence-corrected chi connectivity index (χ4v) is 15.8. The van der Waals surface area contributed by atoms with Gasteiger partial charge in [-0.15, -0.1) is 0 Å². The van der Waals surface area contributed by atoms with Gasteiger partial charge < -0.3 is 60.0 Å². The molecular weight excluding hydrogens is 1320 g/mol. The summed E-state index contributed by atoms with van der Waals surface area (Å²) >= 11 is 6.16. The van der Waals surface area contributed by atoms with Crippen LogP contribution in [0.1, 0.15) is 188 Å². The van der Waals surface area contributed by atoms with Crippen molar-refractivity contribution in [2.24, 2.45) is 23.7 Å². The Morgan fingerprint density at radius 1 is 0.630 bits per heavy atom. The molecule has 100 heavy (non-hydrogen) atoms. The summed E-state index contributed by atoms with van der Waals surface area (Å²) in [6, 6.07) is -7.81. The molecule has 1 aromatic rings. The number of hydrogen-bond acceptors (Lipinski definition) is 12. The lowest BCUT2D eigenvalue weighted by atomic mass is 9.84. The molecular formula is C72H110ClF3N12O12. The average molecular weight is 1430 g/mol. The van der Waals surface area contributed by atoms with E-state index >= 15 is 24.0 Å². The molecule has 28 heteroatoms. The molecule has 0 aromatic heterocycles. The number of fused-ring (bicyclic) bond motifs is 2. The second-order valence-corrected chi connectivity index (χ2v) is 30.2. The number of carbonyl (C=O) groups is 12. The van der Waals surface area contributed by atoms with Gasteiger partial charge in [0.2, 0.25) is 70.9 Å². The van der Waals surface area contributed by atoms with E-state index in [1.54, 1.807) is 18.7 Å². The quantitative estimate of drug-likeness (QED) is 0.217. The first kappa shape index (κ1) is 80.3. The number of nitrogens with one attached hydrogen (secondary N) is 3. The zero-order valence-corrected chi connectivity index (χ0v) is 61.8. The summed E-state index contributed by atoms with van der Waals surface area (Å²) in [5.74, 6) is -8.80. The lowest BCUT2D eigenvalue weighted by molar-refractivity contribution is -0.160. The average Bonchev–Trinajstić information content (AvgIpc) is 1.24. The molecule has 558 valence electrons. The predicted molar refractivity (Wildman–Crippen MR) is 369 cm³/mol. The van der Waals surface area contributed by atoms with Crippen LogP contribution in [-0.2, 0) is 70.1 Å². The highest BCUT2D eigenvalue weighted by molar-refractivity contribution is 6.31. The Labute approximate surface area is 593 Å². The van der Waals surface area contributed by atoms with Crippen LogP contribution in [0.2, 0.25) is 5.02 Å². The number of alkyl halides is 3. The van der Waals surface area contributed by atoms with Crippen molar-refractivity contribution >= 4 is 82.5 Å². The summed E-state index contributed by atoms with van der Waals surface area (Å²) in [6.07, 6.45) is 3.29. The summed E-state index contributed by atoms with van der Waals surface area (Å²) in [5.41, 5.74) is -2.35. The Kier molecular flexibility index (Phi) is 27.9. The van der Waals surface area contributed by atoms with Crippen molar-refractivity contribution in [3.63, 3.8) is 0 Å². The van der Waals surface area contributed by atoms with E-state index in [4.69, 9.17) is 11.6 Å². The van der Waals surface area contributed by atoms with E-state index in [1.807, 2.05) is 27.7 Å². The lowest BCUT2D eigenvalue weighted by Gasteiger charge is -2.45. The van der Waals surface area contributed by atoms with Crippen LogP contribution in [0, 0.1) is 23.7 Å². The van der Waals surface area contributed by atoms with E-state index in [9.17, 15) is 46.7 Å². The molecule has 11 atom stereocenters. The SMILES string of the molecule is CC[C@H](C)[C@@H]1NC(=O)[C@H](CC(C)C)N(C)C(=O)C[C@@H](C(=O)N2CCCC2)N(C)C(=O)[C@H]([C@@H](C)CC)N(C)C(=O)C2(CCCC2)NC(=O)[C@@H]2CCCN2C(=O)[C@H](CCc2ccc(C(F)(F)F)c(Cl)c2)NC(=O)CN(C)C(=O)[C@H](CC2CCCCC2)N(C)C(=O)[C@@H]2CCN2C(=O)[C@H](C)N(C)C1=O. The van der Waals surface area contributed by atoms with Crippen LogP contribution in [0.15, 0.2) is 18.2 Å². The molecule has 2 aliphatic carbocycles. The number of carbonyl (C=O) groups excluding carboxylic acids is 12. The highest BCUT2D eigenvalue weighted by atomic mass is 35.5. The third kappa shape index (κ3) is 18.6. The Bertz CT molecular complexity index is 3160. The van der Waals surface area contributed by atoms with E-state index in [0.29, 0.717) is 63.6 Å². The van der Waals surface area contributed by atoms with Gasteiger partial charge in [-0.2, -0.15) is 13.2 Å². The molecule has 1 spiro atoms. The summed E-state index contributed by atoms with van der Waals surface area (Å²) in [7, 11) is 8.63. The highest BCUT2D eigenvalue weighted by Gasteiger charge is 2.52. The van der Waals surface area contributed by atoms with Crippen molar-refractivity contribution in [3.05, 3.63) is 34.3 Å². The number of benzene rings is 1. The van der Waals surface area contributed by atoms with E-state index in [2.05, 4.69) is 16.0 Å². The van der Waals surface area contributed by atoms with Gasteiger partial charge in [-0.25, -0.2) is 0 Å². The number of nitrogens with zero attached hydrogens (tertiary/aromatic N) is 9. The maximum atomic E-state index is 15.5. The third-order valence-electron chi connectivity index (χ3n) is 22.5. The van der Waals surface area contributed by atoms with Crippen molar-refractivity contribution in [1.29, 1.82) is 0 Å². The predicted octanol–water partition coefficient (Wildman–Crippen LogP) is 6.03. The standard InChI is InChI=1S/C72H110ClF3N12O12/c1-14-44(5)59-68(98)81(9)46(7)63(93)88-37-31-53(88)66(96)83(11)55(40-47-24-17-16-18-25-47)65(95)80(8)42-57(89)77-51(30-28-48-27-29-49(50(73)39-48)72(74,75)76)64(94)87-36-23-26-52(87)62(92)79-71(32-19-20-33-71)70(100)85(13)60(45(6)15-2)69(99)84(12)56(67(97)86-34-21-22-35-86)41-58(90)82(10)54(38-43(3)4)61(91)78-59/h27,29,39,43-47,51-56,59-60H,14-26,28,30-38,40-42H2,1-13H3,(H,77,89)(H,78,91)(H,79,92)/t44-,45-,46-,51-,52-,53-,54-,55-,56-,59-,60-/m0/s1. The van der Waals surface area contributed by atoms with Gasteiger partial charge >= 0.3 is 6.18 Å². The van der Waals surface area contributed by atoms with Gasteiger partial charge in [0.05, 0.1) is 23.6 Å². The van der Waals surface area contributed by atoms with Crippen LogP contribution in [0.5, 0.6) is 0 Å². The maximum Gasteiger partial charge on any atom is 0.417 e. The molecule has 4 heterocycles. The minimum Gasteiger partial charge on any atom is -0.343 e. The lowest BCUT2D eigenvalue weighted by Crippen LogP contribution is -2.65. The first-order valence-electron chi connectivity index (χ1n) is 36.3. The molecule has 4 aliphatic heterocycles. The first-order chi connectivity index (χ1) is 47.1. The summed E-state index contributed by atoms with van der Waals surface area (Å²) < 4.78 is 41.6. The van der Waals surface area contributed by atoms with E-state index < -0.39 is 172 Å². The van der Waals surface area contributed by atoms with Crippen LogP contribution < -0.4 is 16.0 Å². The number of likely N-dealkylation sites (tertiary alicyclic amines) is 1. The maximum absolute atomic E-state index is 15.5. The molecule has 0 unspecified atom stereocenters. The zero-order valence-electron chi connectivity index (χ0n) is 61.1. The number of likely N-dealkylation sites (N-methyl/N-ethyl adjacent to an activating group) is 6. The summed E-state index contributed by atoms with van der Waals surface area (Å²) in [5, 5.41) is 8.18. The number of rotatable bonds is 12. The third-order valence-corrected chi connectivity index (χ3v) is 22.8. The van der Waals surface area contributed by atoms with Crippen molar-refractivity contribution in [2.45, 2.75) is 249 Å². The Balaban J connectivity index is 1.29. The van der Waals surface area contributed by atoms with Gasteiger partial charge in [-0.3, -0.25) is 57.5 Å². The molecule has 24 nitrogen and oxygen atoms in total. The molecule has 3 N–H and O–H groups in total. The van der Waals surface area contributed by atoms with Crippen LogP contribution in [0.4, 0.5) is 13.2 Å². The monoisotopic (exact) mass is 1430 g/mol. The highest BCUT2D eigenvalue weighted by Crippen LogP contribution is 2.38. The molecule has 6 aliphatic rings. The number of hydrogen-bond donors (Lipinski definition) is 3. The molecule has 2 saturated carbocycles. The molecule has 4 saturated heterocycles. The van der Waals surface area contributed by atoms with Gasteiger partial charge in [0.15, 0.2) is 0 Å². The zero-order chi connectivity index (χ0) is 74.0. The molecule has 0 bridgehead atoms. The van der Waals surface area contributed by atoms with Crippen LogP contribution >= 0.6 is 11.6 Å². The summed E-state index contributed by atoms with van der Waals surface area (Å²) in [6.45, 7) is 12.8. The van der Waals surface area contributed by atoms with E-state index in [0.717, 1.165) is 49.1 Å². The largest absolute Gasteiger partial charge is 0.417 e. The summed E-state index contributed by atoms with van der Waals surface area (Å²) in [4.78, 5) is 192. The van der Waals surface area contributed by atoms with Crippen LogP contribution in [0.3, 0.4) is 0 Å². The van der Waals surface area contributed by atoms with Gasteiger partial charge in [-0.1, -0.05) is 117 Å². The van der Waals surface area contributed by atoms with Gasteiger partial charge in [0.25, 0.3) is 0 Å². The van der Waals surface area contributed by atoms with Crippen LogP contribution in [-0.4, -0.2) is 250 Å². The van der Waals surface area contributed by atoms with Crippen molar-refractivity contribution in [3.8, 4) is 0 Å². The number of halogens is 4. The van der Waals surface area contributed by atoms with Crippen molar-refractivity contribution in [2.75, 3.05) is 75.0 Å². The minimum absolute atomic E-state index is 0.0229. The van der Waals surface area contributed by atoms with Crippen molar-refractivity contribution < 1.29 is 70.7 Å². The molecule has 7 rings (SSSR count). The van der Waals surface area contributed by atoms with Gasteiger partial charge in [-0.05, 0) is 119 Å². The molecule has 6 fully saturated rings. The van der Waals surface area contributed by atoms with Gasteiger partial charge in [0, 0.05) is 68.5 Å². The molecule has 12 amide bonds. The second-order valence-electron chi connectivity index (χ2n) is 29.8. The smallest absolute Gasteiger partial charge is 0.343 e. The Morgan fingerprint density at radius 2 is 1.26 bits per heavy atom. The molecule has 0 radical (unpaired) electrons. The minimum atomic E-state index is -4.76. The normalized spacial score (nSPS) is 28.0. The second kappa shape index (κ2) is 34.7. The van der Waals surface area contributed by atoms with E-state index in [1.165, 1.54) is 89.6 Å². The van der Waals surface area contributed by atoms with Crippen molar-refractivity contribution in [1.82, 2.24) is 60.0 Å². The first-order valence-corrected chi connectivity index (χ1v) is 36.7. The Morgan fingerprint density at radius 3 is 1.84 bits per heavy atom. The fourth-order valence-electron chi connectivity index (χ4n) is 15.5. The van der Waals surface area contributed by atoms with Gasteiger partial charge in [0.1, 0.15) is 59.9 Å². The number of aryl methyl sites for hydroxylation is 1. The molecule has 1 aromatic carbocycles. The Hall–Kier alpha value is -7.06. The van der Waals surface area contributed by atoms with E-state index in [-0.39, 0.29) is 76.3 Å². The van der Waals surface area contributed by atoms with Crippen LogP contribution in [0.25, 0.3) is 0 Å².